The van der Waals surface area contributed by atoms with Gasteiger partial charge in [0.15, 0.2) is 0 Å². The summed E-state index contributed by atoms with van der Waals surface area (Å²) in [6.07, 6.45) is 1.17. The molecule has 1 saturated heterocycles. The third kappa shape index (κ3) is 2.15. The molecule has 0 amide bonds. The molecule has 0 aliphatic carbocycles. The Kier molecular flexibility index (Phi) is 3.08. The first kappa shape index (κ1) is 10.4. The predicted molar refractivity (Wildman–Crippen MR) is 49.2 cm³/mol. The van der Waals surface area contributed by atoms with Crippen molar-refractivity contribution < 1.29 is 17.7 Å². The molecule has 6 heteroatoms. The number of hydrogen-bond acceptors (Lipinski definition) is 4. The van der Waals surface area contributed by atoms with E-state index in [9.17, 15) is 0 Å². The van der Waals surface area contributed by atoms with Gasteiger partial charge in [0.25, 0.3) is 0 Å². The summed E-state index contributed by atoms with van der Waals surface area (Å²) in [6, 6.07) is 0. The van der Waals surface area contributed by atoms with Gasteiger partial charge in [-0.2, -0.15) is 0 Å². The fourth-order valence-corrected chi connectivity index (χ4v) is 6.06. The highest BCUT2D eigenvalue weighted by atomic mass is 28.4. The molecule has 0 saturated carbocycles. The molecule has 1 aliphatic heterocycles. The van der Waals surface area contributed by atoms with E-state index in [0.29, 0.717) is 12.5 Å². The summed E-state index contributed by atoms with van der Waals surface area (Å²) in [7, 11) is -0.620. The fourth-order valence-electron chi connectivity index (χ4n) is 0.887. The highest BCUT2D eigenvalue weighted by Gasteiger charge is 2.45. The molecule has 0 aromatic carbocycles. The van der Waals surface area contributed by atoms with E-state index in [-0.39, 0.29) is 0 Å². The summed E-state index contributed by atoms with van der Waals surface area (Å²) in [6.45, 7) is 3.99. The standard InChI is InChI=1S/C6H16O4Si2/c1-7-11(3)5-10-12(4,8-2)6-9-11/h5-6H2,1-4H3/t11-,12?/m0/s1. The zero-order valence-corrected chi connectivity index (χ0v) is 10.0. The molecule has 0 N–H and O–H groups in total. The number of hydrogen-bond donors (Lipinski definition) is 0. The monoisotopic (exact) mass is 208 g/mol. The second-order valence-corrected chi connectivity index (χ2v) is 9.76. The molecule has 1 unspecified atom stereocenters. The molecule has 0 aromatic heterocycles. The molecule has 1 fully saturated rings. The van der Waals surface area contributed by atoms with Crippen LogP contribution in [0.15, 0.2) is 0 Å². The van der Waals surface area contributed by atoms with Gasteiger partial charge >= 0.3 is 17.1 Å². The van der Waals surface area contributed by atoms with Crippen molar-refractivity contribution in [3.8, 4) is 0 Å². The van der Waals surface area contributed by atoms with Crippen LogP contribution in [-0.4, -0.2) is 43.8 Å². The maximum absolute atomic E-state index is 5.65. The predicted octanol–water partition coefficient (Wildman–Crippen LogP) is 0.548. The SMILES string of the molecule is CO[Si]1(C)CO[Si@](C)(OC)CO1. The number of rotatable bonds is 2. The van der Waals surface area contributed by atoms with E-state index in [2.05, 4.69) is 0 Å². The van der Waals surface area contributed by atoms with Crippen molar-refractivity contribution in [2.24, 2.45) is 0 Å². The average molecular weight is 208 g/mol. The second-order valence-electron chi connectivity index (χ2n) is 3.25. The maximum atomic E-state index is 5.65. The van der Waals surface area contributed by atoms with Crippen LogP contribution in [0.4, 0.5) is 0 Å². The zero-order chi connectivity index (χ0) is 9.24. The first-order valence-electron chi connectivity index (χ1n) is 3.92. The van der Waals surface area contributed by atoms with Gasteiger partial charge in [-0.3, -0.25) is 0 Å². The molecular weight excluding hydrogens is 192 g/mol. The highest BCUT2D eigenvalue weighted by molar-refractivity contribution is 6.73. The van der Waals surface area contributed by atoms with E-state index >= 15 is 0 Å². The minimum absolute atomic E-state index is 0.583. The summed E-state index contributed by atoms with van der Waals surface area (Å²) in [5.74, 6) is 0. The molecule has 0 aromatic rings. The lowest BCUT2D eigenvalue weighted by Gasteiger charge is -2.37. The van der Waals surface area contributed by atoms with Crippen molar-refractivity contribution in [2.45, 2.75) is 13.1 Å². The van der Waals surface area contributed by atoms with Gasteiger partial charge in [-0.1, -0.05) is 0 Å². The normalized spacial score (nSPS) is 43.0. The van der Waals surface area contributed by atoms with Crippen LogP contribution >= 0.6 is 0 Å². The Bertz CT molecular complexity index is 138. The van der Waals surface area contributed by atoms with Gasteiger partial charge in [0, 0.05) is 14.2 Å². The molecule has 0 radical (unpaired) electrons. The smallest absolute Gasteiger partial charge is 0.359 e. The van der Waals surface area contributed by atoms with Gasteiger partial charge in [-0.15, -0.1) is 0 Å². The van der Waals surface area contributed by atoms with Gasteiger partial charge in [0.1, 0.15) is 0 Å². The summed E-state index contributed by atoms with van der Waals surface area (Å²) in [5.41, 5.74) is 0. The lowest BCUT2D eigenvalue weighted by Crippen LogP contribution is -2.59. The van der Waals surface area contributed by atoms with Crippen LogP contribution in [0.5, 0.6) is 0 Å². The van der Waals surface area contributed by atoms with Gasteiger partial charge in [0.2, 0.25) is 0 Å². The van der Waals surface area contributed by atoms with E-state index in [0.717, 1.165) is 0 Å². The molecule has 4 nitrogen and oxygen atoms in total. The van der Waals surface area contributed by atoms with Crippen LogP contribution in [0, 0.1) is 0 Å². The first-order valence-corrected chi connectivity index (χ1v) is 8.96. The molecule has 1 rings (SSSR count). The summed E-state index contributed by atoms with van der Waals surface area (Å²) >= 11 is 0. The third-order valence-corrected chi connectivity index (χ3v) is 7.29. The van der Waals surface area contributed by atoms with E-state index in [4.69, 9.17) is 17.7 Å². The van der Waals surface area contributed by atoms with Crippen LogP contribution in [-0.2, 0) is 17.7 Å². The van der Waals surface area contributed by atoms with Crippen molar-refractivity contribution >= 4 is 17.1 Å². The summed E-state index contributed by atoms with van der Waals surface area (Å²) in [5, 5.41) is 0. The average Bonchev–Trinajstić information content (AvgIpc) is 2.11. The van der Waals surface area contributed by atoms with Gasteiger partial charge in [0.05, 0.1) is 12.5 Å². The lowest BCUT2D eigenvalue weighted by molar-refractivity contribution is 0.112. The summed E-state index contributed by atoms with van der Waals surface area (Å²) in [4.78, 5) is 0. The van der Waals surface area contributed by atoms with E-state index in [1.807, 2.05) is 13.1 Å². The van der Waals surface area contributed by atoms with Crippen LogP contribution in [0.1, 0.15) is 0 Å². The Hall–Kier alpha value is 0.274. The Morgan fingerprint density at radius 3 is 1.42 bits per heavy atom. The lowest BCUT2D eigenvalue weighted by atomic mass is 11.7. The quantitative estimate of drug-likeness (QED) is 0.621. The van der Waals surface area contributed by atoms with Gasteiger partial charge < -0.3 is 17.7 Å². The molecule has 2 atom stereocenters. The van der Waals surface area contributed by atoms with Crippen molar-refractivity contribution in [1.82, 2.24) is 0 Å². The maximum Gasteiger partial charge on any atom is 0.359 e. The Balaban J connectivity index is 2.49. The Morgan fingerprint density at radius 2 is 1.25 bits per heavy atom. The molecule has 1 heterocycles. The second kappa shape index (κ2) is 3.56. The van der Waals surface area contributed by atoms with Crippen molar-refractivity contribution in [3.05, 3.63) is 0 Å². The Labute approximate surface area is 75.3 Å². The molecular formula is C6H16O4Si2. The largest absolute Gasteiger partial charge is 0.396 e. The van der Waals surface area contributed by atoms with Crippen LogP contribution in [0.25, 0.3) is 0 Å². The first-order chi connectivity index (χ1) is 5.54. The van der Waals surface area contributed by atoms with E-state index in [1.54, 1.807) is 14.2 Å². The van der Waals surface area contributed by atoms with Crippen molar-refractivity contribution in [1.29, 1.82) is 0 Å². The molecule has 1 aliphatic rings. The highest BCUT2D eigenvalue weighted by Crippen LogP contribution is 2.19. The zero-order valence-electron chi connectivity index (χ0n) is 8.05. The Morgan fingerprint density at radius 1 is 0.917 bits per heavy atom. The molecule has 72 valence electrons. The van der Waals surface area contributed by atoms with Gasteiger partial charge in [-0.05, 0) is 13.1 Å². The van der Waals surface area contributed by atoms with Crippen molar-refractivity contribution in [3.63, 3.8) is 0 Å². The van der Waals surface area contributed by atoms with Gasteiger partial charge in [-0.25, -0.2) is 0 Å². The fraction of sp³-hybridized carbons (Fsp3) is 1.00. The summed E-state index contributed by atoms with van der Waals surface area (Å²) < 4.78 is 21.8. The minimum atomic E-state index is -1.98. The van der Waals surface area contributed by atoms with Crippen LogP contribution in [0.3, 0.4) is 0 Å². The molecule has 0 bridgehead atoms. The van der Waals surface area contributed by atoms with Crippen LogP contribution < -0.4 is 0 Å². The molecule has 0 spiro atoms. The van der Waals surface area contributed by atoms with Crippen LogP contribution in [0.2, 0.25) is 13.1 Å². The minimum Gasteiger partial charge on any atom is -0.396 e. The third-order valence-electron chi connectivity index (χ3n) is 2.14. The molecule has 12 heavy (non-hydrogen) atoms. The van der Waals surface area contributed by atoms with Crippen molar-refractivity contribution in [2.75, 3.05) is 26.7 Å². The topological polar surface area (TPSA) is 36.9 Å². The van der Waals surface area contributed by atoms with E-state index in [1.165, 1.54) is 0 Å². The van der Waals surface area contributed by atoms with E-state index < -0.39 is 17.1 Å².